The van der Waals surface area contributed by atoms with Gasteiger partial charge in [0.1, 0.15) is 6.54 Å². The van der Waals surface area contributed by atoms with Crippen LogP contribution in [0.15, 0.2) is 30.3 Å². The zero-order chi connectivity index (χ0) is 17.1. The zero-order valence-corrected chi connectivity index (χ0v) is 14.4. The molecule has 1 aromatic heterocycles. The fourth-order valence-electron chi connectivity index (χ4n) is 2.68. The van der Waals surface area contributed by atoms with Crippen LogP contribution in [-0.2, 0) is 17.9 Å². The van der Waals surface area contributed by atoms with Crippen LogP contribution in [0.5, 0.6) is 0 Å². The van der Waals surface area contributed by atoms with Gasteiger partial charge < -0.3 is 5.32 Å². The van der Waals surface area contributed by atoms with Crippen molar-refractivity contribution in [3.05, 3.63) is 41.7 Å². The topological polar surface area (TPSA) is 75.9 Å². The minimum atomic E-state index is -0.0424. The molecule has 0 bridgehead atoms. The Hall–Kier alpha value is -2.28. The molecule has 1 aromatic carbocycles. The summed E-state index contributed by atoms with van der Waals surface area (Å²) in [4.78, 5) is 14.4. The fourth-order valence-corrected chi connectivity index (χ4v) is 2.68. The van der Waals surface area contributed by atoms with Crippen molar-refractivity contribution in [2.45, 2.75) is 51.4 Å². The minimum absolute atomic E-state index is 0.0424. The van der Waals surface area contributed by atoms with Crippen LogP contribution in [-0.4, -0.2) is 50.1 Å². The van der Waals surface area contributed by atoms with Crippen molar-refractivity contribution >= 4 is 5.91 Å². The molecule has 1 N–H and O–H groups in total. The highest BCUT2D eigenvalue weighted by molar-refractivity contribution is 5.76. The second kappa shape index (κ2) is 7.09. The standard InChI is InChI=1S/C17H24N6O/c1-12(2)22(3)10-16-19-20-21-23(16)11-17(24)18-15-9-14(15)13-7-5-4-6-8-13/h4-8,12,14-15H,9-11H2,1-3H3,(H,18,24)/t14-,15+/m0/s1. The molecule has 2 aromatic rings. The van der Waals surface area contributed by atoms with E-state index in [0.717, 1.165) is 6.42 Å². The highest BCUT2D eigenvalue weighted by Gasteiger charge is 2.39. The van der Waals surface area contributed by atoms with E-state index in [1.165, 1.54) is 5.56 Å². The summed E-state index contributed by atoms with van der Waals surface area (Å²) in [5.41, 5.74) is 1.28. The maximum Gasteiger partial charge on any atom is 0.242 e. The second-order valence-electron chi connectivity index (χ2n) is 6.69. The number of benzene rings is 1. The maximum absolute atomic E-state index is 12.3. The van der Waals surface area contributed by atoms with E-state index in [9.17, 15) is 4.79 Å². The summed E-state index contributed by atoms with van der Waals surface area (Å²) in [5, 5.41) is 14.7. The van der Waals surface area contributed by atoms with Gasteiger partial charge in [-0.25, -0.2) is 4.68 Å². The third kappa shape index (κ3) is 3.97. The predicted molar refractivity (Wildman–Crippen MR) is 90.2 cm³/mol. The molecule has 7 heteroatoms. The lowest BCUT2D eigenvalue weighted by Gasteiger charge is -2.19. The molecule has 7 nitrogen and oxygen atoms in total. The molecular formula is C17H24N6O. The summed E-state index contributed by atoms with van der Waals surface area (Å²) in [6, 6.07) is 10.9. The number of carbonyl (C=O) groups excluding carboxylic acids is 1. The number of carbonyl (C=O) groups is 1. The van der Waals surface area contributed by atoms with Crippen LogP contribution in [0.1, 0.15) is 37.6 Å². The van der Waals surface area contributed by atoms with Crippen molar-refractivity contribution in [3.8, 4) is 0 Å². The van der Waals surface area contributed by atoms with E-state index in [1.807, 2.05) is 25.2 Å². The van der Waals surface area contributed by atoms with E-state index in [2.05, 4.69) is 51.7 Å². The molecule has 1 heterocycles. The lowest BCUT2D eigenvalue weighted by Crippen LogP contribution is -2.32. The Balaban J connectivity index is 1.52. The van der Waals surface area contributed by atoms with E-state index in [1.54, 1.807) is 4.68 Å². The van der Waals surface area contributed by atoms with Gasteiger partial charge in [0.15, 0.2) is 5.82 Å². The van der Waals surface area contributed by atoms with Gasteiger partial charge >= 0.3 is 0 Å². The van der Waals surface area contributed by atoms with Crippen molar-refractivity contribution in [3.63, 3.8) is 0 Å². The van der Waals surface area contributed by atoms with E-state index in [-0.39, 0.29) is 18.5 Å². The van der Waals surface area contributed by atoms with E-state index in [4.69, 9.17) is 0 Å². The molecule has 1 aliphatic rings. The summed E-state index contributed by atoms with van der Waals surface area (Å²) in [6.45, 7) is 5.00. The third-order valence-electron chi connectivity index (χ3n) is 4.54. The minimum Gasteiger partial charge on any atom is -0.351 e. The van der Waals surface area contributed by atoms with Crippen molar-refractivity contribution in [2.24, 2.45) is 0 Å². The molecule has 0 unspecified atom stereocenters. The van der Waals surface area contributed by atoms with Crippen LogP contribution in [0.2, 0.25) is 0 Å². The fraction of sp³-hybridized carbons (Fsp3) is 0.529. The average molecular weight is 328 g/mol. The number of amides is 1. The summed E-state index contributed by atoms with van der Waals surface area (Å²) < 4.78 is 1.58. The van der Waals surface area contributed by atoms with Gasteiger partial charge in [0, 0.05) is 18.0 Å². The lowest BCUT2D eigenvalue weighted by atomic mass is 10.1. The molecule has 0 radical (unpaired) electrons. The van der Waals surface area contributed by atoms with Crippen LogP contribution < -0.4 is 5.32 Å². The molecule has 2 atom stereocenters. The first kappa shape index (κ1) is 16.6. The predicted octanol–water partition coefficient (Wildman–Crippen LogP) is 1.19. The van der Waals surface area contributed by atoms with Gasteiger partial charge in [-0.3, -0.25) is 9.69 Å². The Kier molecular flexibility index (Phi) is 4.89. The highest BCUT2D eigenvalue weighted by Crippen LogP contribution is 2.40. The normalized spacial score (nSPS) is 19.7. The van der Waals surface area contributed by atoms with Gasteiger partial charge in [0.05, 0.1) is 6.54 Å². The van der Waals surface area contributed by atoms with E-state index < -0.39 is 0 Å². The van der Waals surface area contributed by atoms with Crippen molar-refractivity contribution in [1.29, 1.82) is 0 Å². The first-order chi connectivity index (χ1) is 11.5. The Labute approximate surface area is 142 Å². The summed E-state index contributed by atoms with van der Waals surface area (Å²) in [5.74, 6) is 1.09. The number of rotatable bonds is 7. The van der Waals surface area contributed by atoms with E-state index in [0.29, 0.717) is 24.3 Å². The largest absolute Gasteiger partial charge is 0.351 e. The van der Waals surface area contributed by atoms with Crippen molar-refractivity contribution in [2.75, 3.05) is 7.05 Å². The first-order valence-electron chi connectivity index (χ1n) is 8.34. The number of tetrazole rings is 1. The van der Waals surface area contributed by atoms with Gasteiger partial charge in [-0.05, 0) is 43.3 Å². The van der Waals surface area contributed by atoms with Crippen LogP contribution in [0.4, 0.5) is 0 Å². The smallest absolute Gasteiger partial charge is 0.242 e. The zero-order valence-electron chi connectivity index (χ0n) is 14.4. The molecule has 0 saturated heterocycles. The van der Waals surface area contributed by atoms with Gasteiger partial charge in [-0.2, -0.15) is 0 Å². The van der Waals surface area contributed by atoms with Crippen LogP contribution >= 0.6 is 0 Å². The monoisotopic (exact) mass is 328 g/mol. The molecule has 1 fully saturated rings. The molecule has 128 valence electrons. The molecular weight excluding hydrogens is 304 g/mol. The van der Waals surface area contributed by atoms with Gasteiger partial charge in [0.25, 0.3) is 0 Å². The van der Waals surface area contributed by atoms with E-state index >= 15 is 0 Å². The number of hydrogen-bond acceptors (Lipinski definition) is 5. The van der Waals surface area contributed by atoms with Crippen molar-refractivity contribution in [1.82, 2.24) is 30.4 Å². The molecule has 0 aliphatic heterocycles. The maximum atomic E-state index is 12.3. The molecule has 3 rings (SSSR count). The van der Waals surface area contributed by atoms with Crippen LogP contribution in [0.25, 0.3) is 0 Å². The summed E-state index contributed by atoms with van der Waals surface area (Å²) in [6.07, 6.45) is 0.994. The first-order valence-corrected chi connectivity index (χ1v) is 8.34. The lowest BCUT2D eigenvalue weighted by molar-refractivity contribution is -0.122. The second-order valence-corrected chi connectivity index (χ2v) is 6.69. The Morgan fingerprint density at radius 1 is 1.38 bits per heavy atom. The quantitative estimate of drug-likeness (QED) is 0.826. The van der Waals surface area contributed by atoms with Gasteiger partial charge in [-0.1, -0.05) is 30.3 Å². The molecule has 24 heavy (non-hydrogen) atoms. The van der Waals surface area contributed by atoms with Gasteiger partial charge in [-0.15, -0.1) is 5.10 Å². The number of aromatic nitrogens is 4. The molecule has 1 aliphatic carbocycles. The number of nitrogens with one attached hydrogen (secondary N) is 1. The SMILES string of the molecule is CC(C)N(C)Cc1nnnn1CC(=O)N[C@@H]1C[C@H]1c1ccccc1. The molecule has 1 saturated carbocycles. The van der Waals surface area contributed by atoms with Crippen LogP contribution in [0, 0.1) is 0 Å². The number of hydrogen-bond donors (Lipinski definition) is 1. The van der Waals surface area contributed by atoms with Gasteiger partial charge in [0.2, 0.25) is 5.91 Å². The average Bonchev–Trinajstić information content (AvgIpc) is 3.19. The van der Waals surface area contributed by atoms with Crippen molar-refractivity contribution < 1.29 is 4.79 Å². The van der Waals surface area contributed by atoms with Crippen LogP contribution in [0.3, 0.4) is 0 Å². The molecule has 1 amide bonds. The third-order valence-corrected chi connectivity index (χ3v) is 4.54. The Morgan fingerprint density at radius 3 is 2.83 bits per heavy atom. The Morgan fingerprint density at radius 2 is 2.12 bits per heavy atom. The number of nitrogens with zero attached hydrogens (tertiary/aromatic N) is 5. The highest BCUT2D eigenvalue weighted by atomic mass is 16.2. The Bertz CT molecular complexity index is 683. The summed E-state index contributed by atoms with van der Waals surface area (Å²) in [7, 11) is 2.01. The molecule has 0 spiro atoms. The summed E-state index contributed by atoms with van der Waals surface area (Å²) >= 11 is 0.